The molecular formula is C22H19N3O3. The number of hydrogen-bond donors (Lipinski definition) is 1. The zero-order valence-corrected chi connectivity index (χ0v) is 15.4. The Hall–Kier alpha value is -3.67. The van der Waals surface area contributed by atoms with E-state index in [9.17, 15) is 9.59 Å². The van der Waals surface area contributed by atoms with Crippen molar-refractivity contribution in [3.8, 4) is 0 Å². The van der Waals surface area contributed by atoms with Crippen LogP contribution in [-0.4, -0.2) is 27.3 Å². The van der Waals surface area contributed by atoms with Gasteiger partial charge in [0, 0.05) is 18.0 Å². The zero-order chi connectivity index (χ0) is 19.5. The Kier molecular flexibility index (Phi) is 4.76. The van der Waals surface area contributed by atoms with Crippen LogP contribution in [0.1, 0.15) is 18.5 Å². The lowest BCUT2D eigenvalue weighted by Crippen LogP contribution is -2.30. The van der Waals surface area contributed by atoms with Gasteiger partial charge >= 0.3 is 0 Å². The SMILES string of the molecule is CCN(Cc1nc2ccccc2c(=O)[nH]1)C(=O)C=Cc1cc2ccccc2o1. The van der Waals surface area contributed by atoms with Gasteiger partial charge in [0.05, 0.1) is 17.4 Å². The van der Waals surface area contributed by atoms with Crippen LogP contribution in [0.4, 0.5) is 0 Å². The highest BCUT2D eigenvalue weighted by atomic mass is 16.3. The molecule has 2 aromatic carbocycles. The summed E-state index contributed by atoms with van der Waals surface area (Å²) in [4.78, 5) is 33.6. The number of hydrogen-bond acceptors (Lipinski definition) is 4. The van der Waals surface area contributed by atoms with E-state index in [0.717, 1.165) is 11.0 Å². The van der Waals surface area contributed by atoms with Crippen LogP contribution in [-0.2, 0) is 11.3 Å². The van der Waals surface area contributed by atoms with Crippen molar-refractivity contribution >= 4 is 33.9 Å². The highest BCUT2D eigenvalue weighted by Crippen LogP contribution is 2.19. The Labute approximate surface area is 161 Å². The Morgan fingerprint density at radius 3 is 2.79 bits per heavy atom. The second kappa shape index (κ2) is 7.52. The average molecular weight is 373 g/mol. The molecule has 0 spiro atoms. The van der Waals surface area contributed by atoms with Crippen molar-refractivity contribution in [2.75, 3.05) is 6.54 Å². The van der Waals surface area contributed by atoms with E-state index in [4.69, 9.17) is 4.42 Å². The number of amides is 1. The first-order chi connectivity index (χ1) is 13.6. The molecule has 6 nitrogen and oxygen atoms in total. The van der Waals surface area contributed by atoms with E-state index in [0.29, 0.717) is 29.0 Å². The zero-order valence-electron chi connectivity index (χ0n) is 15.4. The Morgan fingerprint density at radius 2 is 1.96 bits per heavy atom. The van der Waals surface area contributed by atoms with E-state index in [-0.39, 0.29) is 18.0 Å². The predicted octanol–water partition coefficient (Wildman–Crippen LogP) is 3.73. The number of carbonyl (C=O) groups excluding carboxylic acids is 1. The lowest BCUT2D eigenvalue weighted by Gasteiger charge is -2.18. The van der Waals surface area contributed by atoms with E-state index in [1.54, 1.807) is 29.2 Å². The number of fused-ring (bicyclic) bond motifs is 2. The van der Waals surface area contributed by atoms with Gasteiger partial charge in [-0.3, -0.25) is 9.59 Å². The maximum atomic E-state index is 12.6. The van der Waals surface area contributed by atoms with Gasteiger partial charge in [0.25, 0.3) is 5.56 Å². The molecule has 28 heavy (non-hydrogen) atoms. The van der Waals surface area contributed by atoms with E-state index in [2.05, 4.69) is 9.97 Å². The highest BCUT2D eigenvalue weighted by molar-refractivity contribution is 5.92. The molecule has 0 radical (unpaired) electrons. The van der Waals surface area contributed by atoms with Crippen LogP contribution >= 0.6 is 0 Å². The number of carbonyl (C=O) groups is 1. The van der Waals surface area contributed by atoms with Crippen LogP contribution in [0.3, 0.4) is 0 Å². The first kappa shape index (κ1) is 17.7. The van der Waals surface area contributed by atoms with Crippen LogP contribution in [0.2, 0.25) is 0 Å². The molecule has 4 rings (SSSR count). The molecule has 0 aliphatic rings. The van der Waals surface area contributed by atoms with Crippen LogP contribution in [0.15, 0.2) is 69.9 Å². The summed E-state index contributed by atoms with van der Waals surface area (Å²) < 4.78 is 5.70. The normalized spacial score (nSPS) is 11.5. The molecule has 0 bridgehead atoms. The lowest BCUT2D eigenvalue weighted by molar-refractivity contribution is -0.126. The number of rotatable bonds is 5. The smallest absolute Gasteiger partial charge is 0.258 e. The summed E-state index contributed by atoms with van der Waals surface area (Å²) in [5.41, 5.74) is 1.18. The number of H-pyrrole nitrogens is 1. The highest BCUT2D eigenvalue weighted by Gasteiger charge is 2.12. The largest absolute Gasteiger partial charge is 0.457 e. The summed E-state index contributed by atoms with van der Waals surface area (Å²) >= 11 is 0. The molecule has 0 atom stereocenters. The third-order valence-electron chi connectivity index (χ3n) is 4.53. The molecule has 1 amide bonds. The predicted molar refractivity (Wildman–Crippen MR) is 109 cm³/mol. The van der Waals surface area contributed by atoms with E-state index >= 15 is 0 Å². The summed E-state index contributed by atoms with van der Waals surface area (Å²) in [6.07, 6.45) is 3.13. The van der Waals surface area contributed by atoms with Gasteiger partial charge in [-0.25, -0.2) is 4.98 Å². The quantitative estimate of drug-likeness (QED) is 0.541. The van der Waals surface area contributed by atoms with Crippen molar-refractivity contribution in [2.45, 2.75) is 13.5 Å². The molecule has 0 unspecified atom stereocenters. The summed E-state index contributed by atoms with van der Waals surface area (Å²) in [6.45, 7) is 2.59. The molecule has 140 valence electrons. The van der Waals surface area contributed by atoms with E-state index in [1.807, 2.05) is 43.3 Å². The second-order valence-electron chi connectivity index (χ2n) is 6.40. The topological polar surface area (TPSA) is 79.2 Å². The van der Waals surface area contributed by atoms with Crippen LogP contribution < -0.4 is 5.56 Å². The van der Waals surface area contributed by atoms with Gasteiger partial charge in [0.15, 0.2) is 0 Å². The molecule has 2 aromatic heterocycles. The van der Waals surface area contributed by atoms with Gasteiger partial charge < -0.3 is 14.3 Å². The minimum atomic E-state index is -0.207. The molecule has 4 aromatic rings. The molecule has 0 fully saturated rings. The minimum Gasteiger partial charge on any atom is -0.457 e. The molecule has 0 saturated carbocycles. The van der Waals surface area contributed by atoms with Crippen molar-refractivity contribution in [1.29, 1.82) is 0 Å². The molecule has 0 saturated heterocycles. The molecule has 1 N–H and O–H groups in total. The number of aromatic nitrogens is 2. The first-order valence-corrected chi connectivity index (χ1v) is 9.07. The van der Waals surface area contributed by atoms with Gasteiger partial charge in [-0.1, -0.05) is 30.3 Å². The Morgan fingerprint density at radius 1 is 1.18 bits per heavy atom. The molecule has 0 aliphatic carbocycles. The van der Waals surface area contributed by atoms with Crippen molar-refractivity contribution in [1.82, 2.24) is 14.9 Å². The van der Waals surface area contributed by atoms with Crippen molar-refractivity contribution in [2.24, 2.45) is 0 Å². The molecule has 2 heterocycles. The fraction of sp³-hybridized carbons (Fsp3) is 0.136. The Bertz CT molecular complexity index is 1200. The van der Waals surface area contributed by atoms with Gasteiger partial charge in [0.1, 0.15) is 17.2 Å². The number of benzene rings is 2. The molecule has 6 heteroatoms. The molecule has 0 aliphatic heterocycles. The van der Waals surface area contributed by atoms with E-state index < -0.39 is 0 Å². The second-order valence-corrected chi connectivity index (χ2v) is 6.40. The third kappa shape index (κ3) is 3.57. The third-order valence-corrected chi connectivity index (χ3v) is 4.53. The van der Waals surface area contributed by atoms with Crippen LogP contribution in [0, 0.1) is 0 Å². The van der Waals surface area contributed by atoms with Gasteiger partial charge in [-0.05, 0) is 37.3 Å². The maximum Gasteiger partial charge on any atom is 0.258 e. The van der Waals surface area contributed by atoms with Crippen molar-refractivity contribution in [3.05, 3.63) is 82.6 Å². The first-order valence-electron chi connectivity index (χ1n) is 9.07. The van der Waals surface area contributed by atoms with Gasteiger partial charge in [0.2, 0.25) is 5.91 Å². The summed E-state index contributed by atoms with van der Waals surface area (Å²) in [7, 11) is 0. The number of aromatic amines is 1. The number of para-hydroxylation sites is 2. The minimum absolute atomic E-state index is 0.182. The number of likely N-dealkylation sites (N-methyl/N-ethyl adjacent to an activating group) is 1. The van der Waals surface area contributed by atoms with Gasteiger partial charge in [-0.2, -0.15) is 0 Å². The maximum absolute atomic E-state index is 12.6. The summed E-state index contributed by atoms with van der Waals surface area (Å²) in [5, 5.41) is 1.52. The van der Waals surface area contributed by atoms with Crippen molar-refractivity contribution in [3.63, 3.8) is 0 Å². The van der Waals surface area contributed by atoms with Crippen molar-refractivity contribution < 1.29 is 9.21 Å². The van der Waals surface area contributed by atoms with E-state index in [1.165, 1.54) is 6.08 Å². The average Bonchev–Trinajstić information content (AvgIpc) is 3.13. The Balaban J connectivity index is 1.53. The summed E-state index contributed by atoms with van der Waals surface area (Å²) in [5.74, 6) is 0.887. The molecular weight excluding hydrogens is 354 g/mol. The monoisotopic (exact) mass is 373 g/mol. The van der Waals surface area contributed by atoms with Crippen LogP contribution in [0.5, 0.6) is 0 Å². The van der Waals surface area contributed by atoms with Gasteiger partial charge in [-0.15, -0.1) is 0 Å². The number of furan rings is 1. The fourth-order valence-electron chi connectivity index (χ4n) is 3.08. The van der Waals surface area contributed by atoms with Crippen LogP contribution in [0.25, 0.3) is 27.9 Å². The standard InChI is InChI=1S/C22H19N3O3/c1-2-25(14-20-23-18-9-5-4-8-17(18)22(27)24-20)21(26)12-11-16-13-15-7-3-6-10-19(15)28-16/h3-13H,2,14H2,1H3,(H,23,24,27). The number of nitrogens with one attached hydrogen (secondary N) is 1. The lowest BCUT2D eigenvalue weighted by atomic mass is 10.2. The number of nitrogens with zero attached hydrogens (tertiary/aromatic N) is 2. The summed E-state index contributed by atoms with van der Waals surface area (Å²) in [6, 6.07) is 16.7. The fourth-order valence-corrected chi connectivity index (χ4v) is 3.08.